The Hall–Kier alpha value is -1.84. The van der Waals surface area contributed by atoms with Crippen molar-refractivity contribution in [1.82, 2.24) is 10.2 Å². The Labute approximate surface area is 172 Å². The van der Waals surface area contributed by atoms with Gasteiger partial charge in [0.1, 0.15) is 0 Å². The smallest absolute Gasteiger partial charge is 0.407 e. The van der Waals surface area contributed by atoms with Gasteiger partial charge in [-0.2, -0.15) is 0 Å². The number of hydrogen-bond acceptors (Lipinski definition) is 5. The predicted octanol–water partition coefficient (Wildman–Crippen LogP) is 3.85. The van der Waals surface area contributed by atoms with Crippen molar-refractivity contribution >= 4 is 56.2 Å². The summed E-state index contributed by atoms with van der Waals surface area (Å²) in [6.07, 6.45) is -0.921. The number of hydrogen-bond donors (Lipinski definition) is 2. The molecule has 1 saturated heterocycles. The van der Waals surface area contributed by atoms with Crippen LogP contribution in [0.3, 0.4) is 0 Å². The number of aliphatic imine (C=N–C) groups is 1. The SMILES string of the molecule is O=C(NC1=NC[C@H]2CN(C(=O)O)C[C@]2(c2ccc(Br)s2)S1)c1ccccc1. The first kappa shape index (κ1) is 18.5. The molecule has 1 aromatic heterocycles. The van der Waals surface area contributed by atoms with Crippen LogP contribution in [0.25, 0.3) is 0 Å². The van der Waals surface area contributed by atoms with Crippen LogP contribution in [-0.2, 0) is 4.75 Å². The first-order chi connectivity index (χ1) is 13.0. The van der Waals surface area contributed by atoms with Crippen molar-refractivity contribution in [2.24, 2.45) is 10.9 Å². The number of amides is 2. The van der Waals surface area contributed by atoms with Crippen molar-refractivity contribution < 1.29 is 14.7 Å². The predicted molar refractivity (Wildman–Crippen MR) is 111 cm³/mol. The molecule has 6 nitrogen and oxygen atoms in total. The fourth-order valence-electron chi connectivity index (χ4n) is 3.45. The van der Waals surface area contributed by atoms with Gasteiger partial charge in [0.05, 0.1) is 8.53 Å². The third kappa shape index (κ3) is 3.51. The van der Waals surface area contributed by atoms with Crippen LogP contribution < -0.4 is 5.32 Å². The van der Waals surface area contributed by atoms with E-state index in [4.69, 9.17) is 0 Å². The number of benzene rings is 1. The Morgan fingerprint density at radius 1 is 1.26 bits per heavy atom. The quantitative estimate of drug-likeness (QED) is 0.705. The van der Waals surface area contributed by atoms with Crippen LogP contribution in [0, 0.1) is 5.92 Å². The summed E-state index contributed by atoms with van der Waals surface area (Å²) in [5, 5.41) is 12.9. The number of likely N-dealkylation sites (tertiary alicyclic amines) is 1. The second-order valence-electron chi connectivity index (χ2n) is 6.42. The van der Waals surface area contributed by atoms with Gasteiger partial charge in [-0.15, -0.1) is 11.3 Å². The molecule has 4 rings (SSSR count). The zero-order valence-electron chi connectivity index (χ0n) is 14.1. The molecule has 0 bridgehead atoms. The van der Waals surface area contributed by atoms with Gasteiger partial charge in [0, 0.05) is 36.0 Å². The summed E-state index contributed by atoms with van der Waals surface area (Å²) in [6.45, 7) is 1.31. The fourth-order valence-corrected chi connectivity index (χ4v) is 6.57. The number of nitrogens with one attached hydrogen (secondary N) is 1. The van der Waals surface area contributed by atoms with Gasteiger partial charge in [0.2, 0.25) is 0 Å². The molecule has 0 aliphatic carbocycles. The Morgan fingerprint density at radius 3 is 2.70 bits per heavy atom. The van der Waals surface area contributed by atoms with Crippen molar-refractivity contribution in [3.05, 3.63) is 56.7 Å². The molecule has 2 aliphatic heterocycles. The molecule has 9 heteroatoms. The largest absolute Gasteiger partial charge is 0.465 e. The fraction of sp³-hybridized carbons (Fsp3) is 0.278. The number of halogens is 1. The van der Waals surface area contributed by atoms with Crippen molar-refractivity contribution in [1.29, 1.82) is 0 Å². The van der Waals surface area contributed by atoms with E-state index in [9.17, 15) is 14.7 Å². The number of thioether (sulfide) groups is 1. The van der Waals surface area contributed by atoms with Crippen LogP contribution in [0.4, 0.5) is 4.79 Å². The van der Waals surface area contributed by atoms with Gasteiger partial charge in [-0.3, -0.25) is 9.79 Å². The van der Waals surface area contributed by atoms with E-state index in [1.807, 2.05) is 30.3 Å². The number of amidine groups is 1. The molecule has 1 aromatic carbocycles. The number of rotatable bonds is 2. The highest BCUT2D eigenvalue weighted by atomic mass is 79.9. The number of fused-ring (bicyclic) bond motifs is 1. The molecule has 2 aromatic rings. The summed E-state index contributed by atoms with van der Waals surface area (Å²) < 4.78 is 0.563. The number of carbonyl (C=O) groups is 2. The van der Waals surface area contributed by atoms with E-state index in [0.717, 1.165) is 8.66 Å². The van der Waals surface area contributed by atoms with Crippen molar-refractivity contribution in [2.75, 3.05) is 19.6 Å². The molecular weight excluding hydrogens is 450 g/mol. The van der Waals surface area contributed by atoms with Gasteiger partial charge in [-0.25, -0.2) is 4.79 Å². The van der Waals surface area contributed by atoms with Crippen molar-refractivity contribution in [2.45, 2.75) is 4.75 Å². The molecule has 2 atom stereocenters. The molecule has 2 aliphatic rings. The zero-order valence-corrected chi connectivity index (χ0v) is 17.3. The van der Waals surface area contributed by atoms with E-state index in [0.29, 0.717) is 30.4 Å². The average Bonchev–Trinajstić information content (AvgIpc) is 3.26. The van der Waals surface area contributed by atoms with Gasteiger partial charge in [0.25, 0.3) is 5.91 Å². The number of nitrogens with zero attached hydrogens (tertiary/aromatic N) is 2. The molecule has 3 heterocycles. The number of thiophene rings is 1. The summed E-state index contributed by atoms with van der Waals surface area (Å²) in [6, 6.07) is 13.0. The monoisotopic (exact) mass is 465 g/mol. The molecule has 0 spiro atoms. The topological polar surface area (TPSA) is 82.0 Å². The van der Waals surface area contributed by atoms with Crippen LogP contribution in [-0.4, -0.2) is 46.8 Å². The molecule has 0 saturated carbocycles. The highest BCUT2D eigenvalue weighted by Gasteiger charge is 2.53. The molecular formula is C18H16BrN3O3S2. The maximum atomic E-state index is 12.5. The zero-order chi connectivity index (χ0) is 19.0. The van der Waals surface area contributed by atoms with E-state index in [1.54, 1.807) is 23.5 Å². The van der Waals surface area contributed by atoms with Gasteiger partial charge in [-0.05, 0) is 40.2 Å². The molecule has 1 fully saturated rings. The second-order valence-corrected chi connectivity index (χ2v) is 10.2. The summed E-state index contributed by atoms with van der Waals surface area (Å²) in [4.78, 5) is 31.1. The molecule has 140 valence electrons. The summed E-state index contributed by atoms with van der Waals surface area (Å²) in [5.74, 6) is -0.141. The summed E-state index contributed by atoms with van der Waals surface area (Å²) in [7, 11) is 0. The van der Waals surface area contributed by atoms with E-state index in [1.165, 1.54) is 16.7 Å². The molecule has 27 heavy (non-hydrogen) atoms. The van der Waals surface area contributed by atoms with Crippen LogP contribution in [0.2, 0.25) is 0 Å². The van der Waals surface area contributed by atoms with Crippen molar-refractivity contribution in [3.63, 3.8) is 0 Å². The highest BCUT2D eigenvalue weighted by molar-refractivity contribution is 9.11. The Morgan fingerprint density at radius 2 is 2.04 bits per heavy atom. The Balaban J connectivity index is 1.61. The third-order valence-corrected chi connectivity index (χ3v) is 8.18. The molecule has 2 amide bonds. The van der Waals surface area contributed by atoms with Crippen LogP contribution >= 0.6 is 39.0 Å². The van der Waals surface area contributed by atoms with E-state index in [-0.39, 0.29) is 11.8 Å². The van der Waals surface area contributed by atoms with Crippen LogP contribution in [0.5, 0.6) is 0 Å². The molecule has 0 radical (unpaired) electrons. The minimum Gasteiger partial charge on any atom is -0.465 e. The maximum absolute atomic E-state index is 12.5. The Kier molecular flexibility index (Phi) is 5.00. The van der Waals surface area contributed by atoms with Gasteiger partial charge in [-0.1, -0.05) is 30.0 Å². The molecule has 0 unspecified atom stereocenters. The lowest BCUT2D eigenvalue weighted by atomic mass is 9.93. The standard InChI is InChI=1S/C18H16BrN3O3S2/c19-14-7-6-13(26-14)18-10-22(17(24)25)9-12(18)8-20-16(27-18)21-15(23)11-4-2-1-3-5-11/h1-7,12H,8-10H2,(H,24,25)(H,20,21,23)/t12-,18-/m0/s1. The lowest BCUT2D eigenvalue weighted by Crippen LogP contribution is -2.42. The number of carboxylic acid groups (broad SMARTS) is 1. The second kappa shape index (κ2) is 7.29. The normalized spacial score (nSPS) is 24.3. The lowest BCUT2D eigenvalue weighted by Gasteiger charge is -2.35. The minimum atomic E-state index is -0.921. The average molecular weight is 466 g/mol. The lowest BCUT2D eigenvalue weighted by molar-refractivity contribution is 0.0977. The van der Waals surface area contributed by atoms with Gasteiger partial charge >= 0.3 is 6.09 Å². The first-order valence-corrected chi connectivity index (χ1v) is 10.7. The van der Waals surface area contributed by atoms with E-state index < -0.39 is 10.8 Å². The maximum Gasteiger partial charge on any atom is 0.407 e. The van der Waals surface area contributed by atoms with E-state index in [2.05, 4.69) is 26.2 Å². The third-order valence-electron chi connectivity index (χ3n) is 4.78. The molecule has 2 N–H and O–H groups in total. The minimum absolute atomic E-state index is 0.0709. The van der Waals surface area contributed by atoms with Crippen molar-refractivity contribution in [3.8, 4) is 0 Å². The number of carbonyl (C=O) groups excluding carboxylic acids is 1. The summed E-state index contributed by atoms with van der Waals surface area (Å²) >= 11 is 6.57. The van der Waals surface area contributed by atoms with Crippen LogP contribution in [0.15, 0.2) is 51.2 Å². The highest BCUT2D eigenvalue weighted by Crippen LogP contribution is 2.53. The van der Waals surface area contributed by atoms with Gasteiger partial charge < -0.3 is 15.3 Å². The van der Waals surface area contributed by atoms with E-state index >= 15 is 0 Å². The van der Waals surface area contributed by atoms with Gasteiger partial charge in [0.15, 0.2) is 5.17 Å². The summed E-state index contributed by atoms with van der Waals surface area (Å²) in [5.41, 5.74) is 0.564. The Bertz CT molecular complexity index is 918. The van der Waals surface area contributed by atoms with Crippen LogP contribution in [0.1, 0.15) is 15.2 Å². The first-order valence-electron chi connectivity index (χ1n) is 8.31.